The molecule has 0 aromatic heterocycles. The number of amides is 1. The van der Waals surface area contributed by atoms with E-state index in [0.717, 1.165) is 12.8 Å². The molecule has 8 nitrogen and oxygen atoms in total. The van der Waals surface area contributed by atoms with E-state index in [1.165, 1.54) is 25.3 Å². The molecule has 1 aliphatic carbocycles. The second-order valence-corrected chi connectivity index (χ2v) is 5.33. The summed E-state index contributed by atoms with van der Waals surface area (Å²) < 4.78 is 10.2. The van der Waals surface area contributed by atoms with Gasteiger partial charge < -0.3 is 14.8 Å². The first-order valence-electron chi connectivity index (χ1n) is 7.17. The molecule has 23 heavy (non-hydrogen) atoms. The van der Waals surface area contributed by atoms with Crippen molar-refractivity contribution in [2.75, 3.05) is 13.7 Å². The first kappa shape index (κ1) is 16.5. The molecule has 0 unspecified atom stereocenters. The van der Waals surface area contributed by atoms with E-state index >= 15 is 0 Å². The van der Waals surface area contributed by atoms with Crippen molar-refractivity contribution in [2.24, 2.45) is 0 Å². The minimum Gasteiger partial charge on any atom is -0.496 e. The number of methoxy groups -OCH3 is 1. The number of nitro benzene ring substituents is 1. The number of ether oxygens (including phenoxy) is 2. The molecule has 0 aliphatic heterocycles. The number of hydrogen-bond acceptors (Lipinski definition) is 6. The zero-order valence-corrected chi connectivity index (χ0v) is 12.7. The number of nitriles is 1. The van der Waals surface area contributed by atoms with Gasteiger partial charge in [0.15, 0.2) is 12.4 Å². The maximum atomic E-state index is 12.0. The van der Waals surface area contributed by atoms with E-state index in [0.29, 0.717) is 18.6 Å². The Labute approximate surface area is 133 Å². The van der Waals surface area contributed by atoms with Gasteiger partial charge in [-0.3, -0.25) is 14.9 Å². The molecule has 1 N–H and O–H groups in total. The molecule has 1 aromatic rings. The van der Waals surface area contributed by atoms with Crippen LogP contribution in [-0.4, -0.2) is 30.1 Å². The molecule has 0 bridgehead atoms. The van der Waals surface area contributed by atoms with Crippen molar-refractivity contribution in [3.63, 3.8) is 0 Å². The lowest BCUT2D eigenvalue weighted by Crippen LogP contribution is -2.47. The highest BCUT2D eigenvalue weighted by molar-refractivity contribution is 5.79. The molecule has 1 saturated carbocycles. The number of carbonyl (C=O) groups is 1. The van der Waals surface area contributed by atoms with Crippen LogP contribution < -0.4 is 14.8 Å². The van der Waals surface area contributed by atoms with Crippen LogP contribution in [0.4, 0.5) is 5.69 Å². The number of hydrogen-bond donors (Lipinski definition) is 1. The molecule has 8 heteroatoms. The van der Waals surface area contributed by atoms with Crippen LogP contribution in [0, 0.1) is 21.4 Å². The molecule has 122 valence electrons. The molecule has 2 rings (SSSR count). The number of benzene rings is 1. The Morgan fingerprint density at radius 3 is 2.74 bits per heavy atom. The van der Waals surface area contributed by atoms with Gasteiger partial charge in [-0.25, -0.2) is 0 Å². The predicted molar refractivity (Wildman–Crippen MR) is 80.1 cm³/mol. The first-order valence-corrected chi connectivity index (χ1v) is 7.17. The molecule has 0 spiro atoms. The smallest absolute Gasteiger partial charge is 0.314 e. The second-order valence-electron chi connectivity index (χ2n) is 5.33. The highest BCUT2D eigenvalue weighted by atomic mass is 16.6. The highest BCUT2D eigenvalue weighted by Gasteiger charge is 2.35. The van der Waals surface area contributed by atoms with Gasteiger partial charge >= 0.3 is 5.69 Å². The summed E-state index contributed by atoms with van der Waals surface area (Å²) in [7, 11) is 1.40. The van der Waals surface area contributed by atoms with E-state index < -0.39 is 23.0 Å². The lowest BCUT2D eigenvalue weighted by atomic mass is 10.00. The lowest BCUT2D eigenvalue weighted by molar-refractivity contribution is -0.385. The molecule has 1 amide bonds. The molecule has 0 radical (unpaired) electrons. The van der Waals surface area contributed by atoms with Crippen LogP contribution in [0.2, 0.25) is 0 Å². The molecule has 0 heterocycles. The van der Waals surface area contributed by atoms with Gasteiger partial charge in [-0.15, -0.1) is 0 Å². The van der Waals surface area contributed by atoms with Crippen molar-refractivity contribution >= 4 is 11.6 Å². The maximum Gasteiger partial charge on any atom is 0.314 e. The molecule has 1 aliphatic rings. The van der Waals surface area contributed by atoms with Crippen molar-refractivity contribution < 1.29 is 19.2 Å². The summed E-state index contributed by atoms with van der Waals surface area (Å²) in [5, 5.41) is 22.9. The van der Waals surface area contributed by atoms with E-state index in [2.05, 4.69) is 11.4 Å². The summed E-state index contributed by atoms with van der Waals surface area (Å²) in [5.74, 6) is -0.176. The van der Waals surface area contributed by atoms with Crippen molar-refractivity contribution in [3.8, 4) is 17.6 Å². The van der Waals surface area contributed by atoms with Crippen LogP contribution >= 0.6 is 0 Å². The molecular weight excluding hydrogens is 302 g/mol. The van der Waals surface area contributed by atoms with Crippen molar-refractivity contribution in [1.29, 1.82) is 5.26 Å². The number of nitro groups is 1. The minimum absolute atomic E-state index is 0.0246. The number of rotatable bonds is 6. The quantitative estimate of drug-likeness (QED) is 0.633. The Morgan fingerprint density at radius 1 is 1.48 bits per heavy atom. The average molecular weight is 319 g/mol. The van der Waals surface area contributed by atoms with Gasteiger partial charge in [-0.1, -0.05) is 0 Å². The normalized spacial score (nSPS) is 15.5. The van der Waals surface area contributed by atoms with Gasteiger partial charge in [0.1, 0.15) is 11.3 Å². The van der Waals surface area contributed by atoms with Crippen LogP contribution in [0.3, 0.4) is 0 Å². The van der Waals surface area contributed by atoms with Gasteiger partial charge in [0, 0.05) is 0 Å². The number of nitrogens with zero attached hydrogens (tertiary/aromatic N) is 2. The standard InChI is InChI=1S/C15H17N3O5/c1-22-11-4-5-13(12(8-11)18(20)21)23-9-14(19)17-15(10-16)6-2-3-7-15/h4-5,8H,2-3,6-7,9H2,1H3,(H,17,19). The second kappa shape index (κ2) is 6.96. The van der Waals surface area contributed by atoms with Crippen LogP contribution in [0.15, 0.2) is 18.2 Å². The van der Waals surface area contributed by atoms with E-state index in [4.69, 9.17) is 9.47 Å². The van der Waals surface area contributed by atoms with E-state index in [1.807, 2.05) is 0 Å². The zero-order chi connectivity index (χ0) is 16.9. The molecule has 1 fully saturated rings. The Morgan fingerprint density at radius 2 is 2.17 bits per heavy atom. The van der Waals surface area contributed by atoms with E-state index in [1.54, 1.807) is 0 Å². The summed E-state index contributed by atoms with van der Waals surface area (Å²) in [5.41, 5.74) is -1.13. The van der Waals surface area contributed by atoms with Crippen LogP contribution in [-0.2, 0) is 4.79 Å². The number of carbonyl (C=O) groups excluding carboxylic acids is 1. The predicted octanol–water partition coefficient (Wildman–Crippen LogP) is 1.93. The molecule has 0 atom stereocenters. The monoisotopic (exact) mass is 319 g/mol. The van der Waals surface area contributed by atoms with E-state index in [9.17, 15) is 20.2 Å². The summed E-state index contributed by atoms with van der Waals surface area (Å²) >= 11 is 0. The van der Waals surface area contributed by atoms with Crippen LogP contribution in [0.25, 0.3) is 0 Å². The fourth-order valence-corrected chi connectivity index (χ4v) is 2.58. The summed E-state index contributed by atoms with van der Waals surface area (Å²) in [6.45, 7) is -0.392. The topological polar surface area (TPSA) is 114 Å². The highest BCUT2D eigenvalue weighted by Crippen LogP contribution is 2.31. The molecular formula is C15H17N3O5. The Balaban J connectivity index is 2.02. The van der Waals surface area contributed by atoms with Crippen LogP contribution in [0.5, 0.6) is 11.5 Å². The van der Waals surface area contributed by atoms with Gasteiger partial charge in [0.25, 0.3) is 5.91 Å². The van der Waals surface area contributed by atoms with Gasteiger partial charge in [-0.2, -0.15) is 5.26 Å². The molecule has 0 saturated heterocycles. The van der Waals surface area contributed by atoms with Crippen molar-refractivity contribution in [2.45, 2.75) is 31.2 Å². The summed E-state index contributed by atoms with van der Waals surface area (Å²) in [4.78, 5) is 22.4. The van der Waals surface area contributed by atoms with E-state index in [-0.39, 0.29) is 11.4 Å². The Hall–Kier alpha value is -2.82. The van der Waals surface area contributed by atoms with Gasteiger partial charge in [0.05, 0.1) is 24.2 Å². The summed E-state index contributed by atoms with van der Waals surface area (Å²) in [6.07, 6.45) is 2.99. The Bertz CT molecular complexity index is 647. The summed E-state index contributed by atoms with van der Waals surface area (Å²) in [6, 6.07) is 6.24. The fourth-order valence-electron chi connectivity index (χ4n) is 2.58. The molecule has 1 aromatic carbocycles. The van der Waals surface area contributed by atoms with Gasteiger partial charge in [-0.05, 0) is 37.8 Å². The van der Waals surface area contributed by atoms with Gasteiger partial charge in [0.2, 0.25) is 0 Å². The SMILES string of the molecule is COc1ccc(OCC(=O)NC2(C#N)CCCC2)c([N+](=O)[O-])c1. The van der Waals surface area contributed by atoms with Crippen LogP contribution in [0.1, 0.15) is 25.7 Å². The van der Waals surface area contributed by atoms with Crippen molar-refractivity contribution in [1.82, 2.24) is 5.32 Å². The zero-order valence-electron chi connectivity index (χ0n) is 12.7. The average Bonchev–Trinajstić information content (AvgIpc) is 3.01. The minimum atomic E-state index is -0.841. The number of nitrogens with one attached hydrogen (secondary N) is 1. The Kier molecular flexibility index (Phi) is 5.01. The third-order valence-electron chi connectivity index (χ3n) is 3.77. The maximum absolute atomic E-state index is 12.0. The van der Waals surface area contributed by atoms with Crippen molar-refractivity contribution in [3.05, 3.63) is 28.3 Å². The first-order chi connectivity index (χ1) is 11.0. The lowest BCUT2D eigenvalue weighted by Gasteiger charge is -2.21. The third-order valence-corrected chi connectivity index (χ3v) is 3.77. The largest absolute Gasteiger partial charge is 0.496 e. The fraction of sp³-hybridized carbons (Fsp3) is 0.467. The third kappa shape index (κ3) is 3.88.